The Hall–Kier alpha value is -3.94. The first-order valence-electron chi connectivity index (χ1n) is 8.31. The van der Waals surface area contributed by atoms with Crippen molar-refractivity contribution in [2.24, 2.45) is 0 Å². The van der Waals surface area contributed by atoms with E-state index < -0.39 is 17.5 Å². The van der Waals surface area contributed by atoms with Crippen molar-refractivity contribution in [2.75, 3.05) is 10.6 Å². The Labute approximate surface area is 158 Å². The van der Waals surface area contributed by atoms with Gasteiger partial charge in [-0.3, -0.25) is 9.78 Å². The normalized spacial score (nSPS) is 10.6. The lowest BCUT2D eigenvalue weighted by atomic mass is 10.2. The highest BCUT2D eigenvalue weighted by Crippen LogP contribution is 2.21. The van der Waals surface area contributed by atoms with Crippen LogP contribution in [0.25, 0.3) is 10.9 Å². The molecular formula is C20H13F2N5O. The molecule has 6 nitrogen and oxygen atoms in total. The number of para-hydroxylation sites is 1. The number of anilines is 3. The summed E-state index contributed by atoms with van der Waals surface area (Å²) in [6.45, 7) is 0. The van der Waals surface area contributed by atoms with Crippen LogP contribution in [0, 0.1) is 11.6 Å². The van der Waals surface area contributed by atoms with Crippen molar-refractivity contribution < 1.29 is 13.6 Å². The van der Waals surface area contributed by atoms with Crippen LogP contribution in [0.5, 0.6) is 0 Å². The van der Waals surface area contributed by atoms with Crippen LogP contribution in [0.1, 0.15) is 10.5 Å². The molecular weight excluding hydrogens is 364 g/mol. The minimum Gasteiger partial charge on any atom is -0.339 e. The first-order valence-corrected chi connectivity index (χ1v) is 8.31. The minimum atomic E-state index is -0.974. The lowest BCUT2D eigenvalue weighted by Crippen LogP contribution is -2.15. The maximum atomic E-state index is 13.3. The maximum Gasteiger partial charge on any atom is 0.276 e. The largest absolute Gasteiger partial charge is 0.339 e. The Morgan fingerprint density at radius 1 is 0.893 bits per heavy atom. The van der Waals surface area contributed by atoms with Crippen molar-refractivity contribution in [3.63, 3.8) is 0 Å². The number of nitrogens with one attached hydrogen (secondary N) is 2. The van der Waals surface area contributed by atoms with Gasteiger partial charge in [-0.15, -0.1) is 10.2 Å². The van der Waals surface area contributed by atoms with Crippen LogP contribution >= 0.6 is 0 Å². The molecule has 2 heterocycles. The molecule has 0 spiro atoms. The van der Waals surface area contributed by atoms with Crippen molar-refractivity contribution in [1.29, 1.82) is 0 Å². The zero-order valence-electron chi connectivity index (χ0n) is 14.4. The average Bonchev–Trinajstić information content (AvgIpc) is 2.71. The quantitative estimate of drug-likeness (QED) is 0.554. The molecule has 4 rings (SSSR count). The summed E-state index contributed by atoms with van der Waals surface area (Å²) in [6.07, 6.45) is 1.65. The van der Waals surface area contributed by atoms with Gasteiger partial charge in [0.05, 0.1) is 11.2 Å². The monoisotopic (exact) mass is 377 g/mol. The number of fused-ring (bicyclic) bond motifs is 1. The molecule has 0 aliphatic carbocycles. The van der Waals surface area contributed by atoms with E-state index >= 15 is 0 Å². The van der Waals surface area contributed by atoms with E-state index in [4.69, 9.17) is 0 Å². The number of benzene rings is 2. The highest BCUT2D eigenvalue weighted by atomic mass is 19.2. The minimum absolute atomic E-state index is 0.101. The Balaban J connectivity index is 1.50. The summed E-state index contributed by atoms with van der Waals surface area (Å²) in [4.78, 5) is 16.7. The number of carbonyl (C=O) groups is 1. The molecule has 0 saturated carbocycles. The predicted molar refractivity (Wildman–Crippen MR) is 101 cm³/mol. The zero-order chi connectivity index (χ0) is 19.5. The van der Waals surface area contributed by atoms with Gasteiger partial charge in [-0.25, -0.2) is 8.78 Å². The average molecular weight is 377 g/mol. The molecule has 2 aromatic carbocycles. The highest BCUT2D eigenvalue weighted by molar-refractivity contribution is 6.07. The van der Waals surface area contributed by atoms with Gasteiger partial charge in [-0.2, -0.15) is 0 Å². The van der Waals surface area contributed by atoms with E-state index in [1.165, 1.54) is 18.2 Å². The Kier molecular flexibility index (Phi) is 4.59. The topological polar surface area (TPSA) is 79.8 Å². The van der Waals surface area contributed by atoms with E-state index in [-0.39, 0.29) is 11.5 Å². The van der Waals surface area contributed by atoms with Crippen LogP contribution in [-0.2, 0) is 0 Å². The van der Waals surface area contributed by atoms with Crippen LogP contribution in [-0.4, -0.2) is 21.1 Å². The number of aromatic nitrogens is 3. The molecule has 4 aromatic rings. The van der Waals surface area contributed by atoms with Crippen LogP contribution in [0.3, 0.4) is 0 Å². The second kappa shape index (κ2) is 7.36. The van der Waals surface area contributed by atoms with E-state index in [1.54, 1.807) is 12.3 Å². The van der Waals surface area contributed by atoms with Gasteiger partial charge in [0.15, 0.2) is 23.1 Å². The molecule has 0 saturated heterocycles. The fourth-order valence-corrected chi connectivity index (χ4v) is 2.63. The lowest BCUT2D eigenvalue weighted by Gasteiger charge is -2.08. The molecule has 0 aliphatic rings. The molecule has 0 radical (unpaired) electrons. The van der Waals surface area contributed by atoms with Gasteiger partial charge in [-0.1, -0.05) is 18.2 Å². The number of nitrogens with zero attached hydrogens (tertiary/aromatic N) is 3. The maximum absolute atomic E-state index is 13.3. The second-order valence-electron chi connectivity index (χ2n) is 5.89. The summed E-state index contributed by atoms with van der Waals surface area (Å²) in [7, 11) is 0. The molecule has 0 unspecified atom stereocenters. The molecule has 0 aliphatic heterocycles. The summed E-state index contributed by atoms with van der Waals surface area (Å²) in [6, 6.07) is 15.6. The summed E-state index contributed by atoms with van der Waals surface area (Å²) in [5.41, 5.74) is 1.65. The van der Waals surface area contributed by atoms with Crippen LogP contribution in [0.15, 0.2) is 66.9 Å². The van der Waals surface area contributed by atoms with Crippen LogP contribution < -0.4 is 10.6 Å². The molecule has 0 bridgehead atoms. The van der Waals surface area contributed by atoms with E-state index in [9.17, 15) is 13.6 Å². The smallest absolute Gasteiger partial charge is 0.276 e. The van der Waals surface area contributed by atoms with Crippen molar-refractivity contribution in [1.82, 2.24) is 15.2 Å². The number of rotatable bonds is 4. The molecule has 1 amide bonds. The number of hydrogen-bond acceptors (Lipinski definition) is 5. The van der Waals surface area contributed by atoms with Gasteiger partial charge >= 0.3 is 0 Å². The molecule has 0 atom stereocenters. The zero-order valence-corrected chi connectivity index (χ0v) is 14.4. The third-order valence-corrected chi connectivity index (χ3v) is 3.97. The third-order valence-electron chi connectivity index (χ3n) is 3.97. The molecule has 8 heteroatoms. The molecule has 28 heavy (non-hydrogen) atoms. The van der Waals surface area contributed by atoms with Crippen LogP contribution in [0.2, 0.25) is 0 Å². The van der Waals surface area contributed by atoms with Crippen molar-refractivity contribution in [2.45, 2.75) is 0 Å². The third kappa shape index (κ3) is 3.61. The molecule has 2 N–H and O–H groups in total. The van der Waals surface area contributed by atoms with E-state index in [2.05, 4.69) is 25.8 Å². The van der Waals surface area contributed by atoms with E-state index in [0.29, 0.717) is 16.9 Å². The van der Waals surface area contributed by atoms with E-state index in [0.717, 1.165) is 17.5 Å². The fraction of sp³-hybridized carbons (Fsp3) is 0. The molecule has 138 valence electrons. The highest BCUT2D eigenvalue weighted by Gasteiger charge is 2.11. The van der Waals surface area contributed by atoms with Gasteiger partial charge in [0, 0.05) is 23.3 Å². The van der Waals surface area contributed by atoms with Gasteiger partial charge in [0.1, 0.15) is 0 Å². The van der Waals surface area contributed by atoms with Gasteiger partial charge in [-0.05, 0) is 36.4 Å². The Morgan fingerprint density at radius 3 is 2.54 bits per heavy atom. The molecule has 2 aromatic heterocycles. The van der Waals surface area contributed by atoms with E-state index in [1.807, 2.05) is 24.3 Å². The predicted octanol–water partition coefficient (Wildman–Crippen LogP) is 4.30. The first-order chi connectivity index (χ1) is 13.6. The number of hydrogen-bond donors (Lipinski definition) is 2. The fourth-order valence-electron chi connectivity index (χ4n) is 2.63. The van der Waals surface area contributed by atoms with Crippen molar-refractivity contribution >= 4 is 34.0 Å². The SMILES string of the molecule is O=C(Nc1cccc2cccnc12)c1ccc(Nc2ccc(F)c(F)c2)nn1. The summed E-state index contributed by atoms with van der Waals surface area (Å²) in [5.74, 6) is -2.07. The van der Waals surface area contributed by atoms with Crippen molar-refractivity contribution in [3.8, 4) is 0 Å². The summed E-state index contributed by atoms with van der Waals surface area (Å²) < 4.78 is 26.2. The molecule has 0 fully saturated rings. The summed E-state index contributed by atoms with van der Waals surface area (Å²) >= 11 is 0. The van der Waals surface area contributed by atoms with Gasteiger partial charge in [0.25, 0.3) is 5.91 Å². The van der Waals surface area contributed by atoms with Gasteiger partial charge < -0.3 is 10.6 Å². The van der Waals surface area contributed by atoms with Crippen molar-refractivity contribution in [3.05, 3.63) is 84.2 Å². The lowest BCUT2D eigenvalue weighted by molar-refractivity contribution is 0.102. The number of carbonyl (C=O) groups excluding carboxylic acids is 1. The number of pyridine rings is 1. The number of amides is 1. The Bertz CT molecular complexity index is 1160. The van der Waals surface area contributed by atoms with Gasteiger partial charge in [0.2, 0.25) is 0 Å². The summed E-state index contributed by atoms with van der Waals surface area (Å²) in [5, 5.41) is 14.2. The second-order valence-corrected chi connectivity index (χ2v) is 5.89. The number of halogens is 2. The van der Waals surface area contributed by atoms with Crippen LogP contribution in [0.4, 0.5) is 26.0 Å². The Morgan fingerprint density at radius 2 is 1.75 bits per heavy atom. The standard InChI is InChI=1S/C20H13F2N5O/c21-14-7-6-13(11-15(14)22)24-18-9-8-17(26-27-18)20(28)25-16-5-1-3-12-4-2-10-23-19(12)16/h1-11H,(H,24,27)(H,25,28). The first kappa shape index (κ1) is 17.5.